The van der Waals surface area contributed by atoms with E-state index in [1.54, 1.807) is 0 Å². The summed E-state index contributed by atoms with van der Waals surface area (Å²) in [5.74, 6) is -0.199. The second-order valence-corrected chi connectivity index (χ2v) is 6.01. The largest absolute Gasteiger partial charge is 0.463 e. The van der Waals surface area contributed by atoms with E-state index in [4.69, 9.17) is 9.47 Å². The molecule has 1 aliphatic rings. The van der Waals surface area contributed by atoms with Crippen LogP contribution in [-0.2, 0) is 20.9 Å². The molecule has 1 N–H and O–H groups in total. The van der Waals surface area contributed by atoms with Crippen LogP contribution in [0.4, 0.5) is 4.79 Å². The molecule has 1 atom stereocenters. The van der Waals surface area contributed by atoms with Crippen molar-refractivity contribution in [3.8, 4) is 0 Å². The Morgan fingerprint density at radius 3 is 2.52 bits per heavy atom. The zero-order chi connectivity index (χ0) is 16.7. The third-order valence-electron chi connectivity index (χ3n) is 4.35. The van der Waals surface area contributed by atoms with Crippen molar-refractivity contribution in [2.45, 2.75) is 52.2 Å². The van der Waals surface area contributed by atoms with Crippen LogP contribution in [0.1, 0.15) is 45.1 Å². The number of carbonyl (C=O) groups excluding carboxylic acids is 2. The molecule has 0 bridgehead atoms. The Labute approximate surface area is 137 Å². The number of ether oxygens (including phenoxy) is 2. The lowest BCUT2D eigenvalue weighted by Crippen LogP contribution is -2.48. The first kappa shape index (κ1) is 17.3. The fraction of sp³-hybridized carbons (Fsp3) is 0.556. The summed E-state index contributed by atoms with van der Waals surface area (Å²) in [6.45, 7) is 4.50. The van der Waals surface area contributed by atoms with Crippen LogP contribution in [0.3, 0.4) is 0 Å². The molecule has 0 radical (unpaired) electrons. The van der Waals surface area contributed by atoms with E-state index >= 15 is 0 Å². The molecule has 1 aromatic rings. The predicted molar refractivity (Wildman–Crippen MR) is 86.8 cm³/mol. The Bertz CT molecular complexity index is 523. The number of hydrogen-bond donors (Lipinski definition) is 1. The van der Waals surface area contributed by atoms with Gasteiger partial charge in [-0.1, -0.05) is 57.0 Å². The average molecular weight is 319 g/mol. The van der Waals surface area contributed by atoms with Crippen molar-refractivity contribution < 1.29 is 19.1 Å². The maximum Gasteiger partial charge on any atom is 0.407 e. The van der Waals surface area contributed by atoms with Gasteiger partial charge in [-0.2, -0.15) is 0 Å². The second kappa shape index (κ2) is 7.99. The third kappa shape index (κ3) is 4.03. The summed E-state index contributed by atoms with van der Waals surface area (Å²) in [7, 11) is 0. The van der Waals surface area contributed by atoms with Gasteiger partial charge in [0.15, 0.2) is 0 Å². The maximum absolute atomic E-state index is 12.2. The minimum atomic E-state index is -0.616. The van der Waals surface area contributed by atoms with Crippen LogP contribution < -0.4 is 5.32 Å². The van der Waals surface area contributed by atoms with Gasteiger partial charge in [0, 0.05) is 0 Å². The second-order valence-electron chi connectivity index (χ2n) is 6.01. The molecule has 0 aliphatic carbocycles. The molecule has 1 unspecified atom stereocenters. The highest BCUT2D eigenvalue weighted by Gasteiger charge is 2.51. The van der Waals surface area contributed by atoms with E-state index in [1.807, 2.05) is 44.2 Å². The molecule has 1 aromatic carbocycles. The fourth-order valence-corrected chi connectivity index (χ4v) is 3.26. The summed E-state index contributed by atoms with van der Waals surface area (Å²) in [5.41, 5.74) is 0.310. The molecule has 5 nitrogen and oxygen atoms in total. The van der Waals surface area contributed by atoms with Gasteiger partial charge in [-0.25, -0.2) is 4.79 Å². The minimum absolute atomic E-state index is 0.199. The van der Waals surface area contributed by atoms with Gasteiger partial charge in [0.25, 0.3) is 0 Å². The predicted octanol–water partition coefficient (Wildman–Crippen LogP) is 3.42. The van der Waals surface area contributed by atoms with Gasteiger partial charge < -0.3 is 14.8 Å². The number of rotatable bonds is 7. The summed E-state index contributed by atoms with van der Waals surface area (Å²) in [6, 6.07) is 9.18. The summed E-state index contributed by atoms with van der Waals surface area (Å²) < 4.78 is 10.5. The number of nitrogens with one attached hydrogen (secondary N) is 1. The van der Waals surface area contributed by atoms with Crippen LogP contribution in [0.2, 0.25) is 0 Å². The molecule has 0 aromatic heterocycles. The van der Waals surface area contributed by atoms with Crippen LogP contribution in [0.5, 0.6) is 0 Å². The van der Waals surface area contributed by atoms with Gasteiger partial charge in [-0.15, -0.1) is 0 Å². The molecule has 1 heterocycles. The van der Waals surface area contributed by atoms with E-state index in [-0.39, 0.29) is 25.2 Å². The molecule has 1 amide bonds. The molecule has 1 saturated heterocycles. The minimum Gasteiger partial charge on any atom is -0.463 e. The number of amides is 1. The van der Waals surface area contributed by atoms with Gasteiger partial charge in [-0.3, -0.25) is 4.79 Å². The van der Waals surface area contributed by atoms with E-state index in [9.17, 15) is 9.59 Å². The van der Waals surface area contributed by atoms with E-state index in [0.717, 1.165) is 18.4 Å². The Morgan fingerprint density at radius 1 is 1.26 bits per heavy atom. The highest BCUT2D eigenvalue weighted by Crippen LogP contribution is 2.39. The van der Waals surface area contributed by atoms with Crippen molar-refractivity contribution in [1.82, 2.24) is 5.32 Å². The molecule has 23 heavy (non-hydrogen) atoms. The number of esters is 1. The number of carbonyl (C=O) groups is 2. The molecular formula is C18H25NO4. The Morgan fingerprint density at radius 2 is 1.91 bits per heavy atom. The van der Waals surface area contributed by atoms with Crippen molar-refractivity contribution >= 4 is 12.1 Å². The monoisotopic (exact) mass is 319 g/mol. The standard InChI is InChI=1S/C18H25NO4/c1-3-10-18(11-4-2)15(13-22-16(18)20)19-17(21)23-12-14-8-6-5-7-9-14/h5-9,15H,3-4,10-13H2,1-2H3,(H,19,21). The lowest BCUT2D eigenvalue weighted by molar-refractivity contribution is -0.147. The van der Waals surface area contributed by atoms with Crippen molar-refractivity contribution in [3.63, 3.8) is 0 Å². The van der Waals surface area contributed by atoms with Crippen molar-refractivity contribution in [2.75, 3.05) is 6.61 Å². The quantitative estimate of drug-likeness (QED) is 0.782. The molecule has 0 spiro atoms. The van der Waals surface area contributed by atoms with Crippen LogP contribution in [0.25, 0.3) is 0 Å². The van der Waals surface area contributed by atoms with Crippen molar-refractivity contribution in [1.29, 1.82) is 0 Å². The molecular weight excluding hydrogens is 294 g/mol. The molecule has 1 aliphatic heterocycles. The van der Waals surface area contributed by atoms with Gasteiger partial charge in [0.2, 0.25) is 0 Å². The number of hydrogen-bond acceptors (Lipinski definition) is 4. The first-order valence-electron chi connectivity index (χ1n) is 8.27. The molecule has 0 saturated carbocycles. The van der Waals surface area contributed by atoms with Crippen molar-refractivity contribution in [3.05, 3.63) is 35.9 Å². The van der Waals surface area contributed by atoms with E-state index < -0.39 is 11.5 Å². The van der Waals surface area contributed by atoms with Crippen LogP contribution in [0.15, 0.2) is 30.3 Å². The first-order chi connectivity index (χ1) is 11.1. The topological polar surface area (TPSA) is 64.6 Å². The van der Waals surface area contributed by atoms with Crippen molar-refractivity contribution in [2.24, 2.45) is 5.41 Å². The van der Waals surface area contributed by atoms with E-state index in [2.05, 4.69) is 5.32 Å². The van der Waals surface area contributed by atoms with E-state index in [0.29, 0.717) is 12.8 Å². The lowest BCUT2D eigenvalue weighted by atomic mass is 9.75. The molecule has 2 rings (SSSR count). The number of benzene rings is 1. The Kier molecular flexibility index (Phi) is 6.02. The average Bonchev–Trinajstić information content (AvgIpc) is 2.84. The first-order valence-corrected chi connectivity index (χ1v) is 8.27. The number of alkyl carbamates (subject to hydrolysis) is 1. The smallest absolute Gasteiger partial charge is 0.407 e. The molecule has 126 valence electrons. The van der Waals surface area contributed by atoms with Crippen LogP contribution >= 0.6 is 0 Å². The third-order valence-corrected chi connectivity index (χ3v) is 4.35. The molecule has 5 heteroatoms. The summed E-state index contributed by atoms with van der Waals surface area (Å²) in [4.78, 5) is 24.3. The Hall–Kier alpha value is -2.04. The lowest BCUT2D eigenvalue weighted by Gasteiger charge is -2.30. The highest BCUT2D eigenvalue weighted by molar-refractivity contribution is 5.81. The summed E-state index contributed by atoms with van der Waals surface area (Å²) >= 11 is 0. The normalized spacial score (nSPS) is 19.2. The Balaban J connectivity index is 1.96. The van der Waals surface area contributed by atoms with Crippen LogP contribution in [-0.4, -0.2) is 24.7 Å². The van der Waals surface area contributed by atoms with E-state index in [1.165, 1.54) is 0 Å². The van der Waals surface area contributed by atoms with Gasteiger partial charge in [0.05, 0.1) is 11.5 Å². The van der Waals surface area contributed by atoms with Crippen LogP contribution in [0, 0.1) is 5.41 Å². The van der Waals surface area contributed by atoms with Gasteiger partial charge in [-0.05, 0) is 18.4 Å². The zero-order valence-corrected chi connectivity index (χ0v) is 13.8. The summed E-state index contributed by atoms with van der Waals surface area (Å²) in [6.07, 6.45) is 2.65. The SMILES string of the molecule is CCCC1(CCC)C(=O)OCC1NC(=O)OCc1ccccc1. The highest BCUT2D eigenvalue weighted by atomic mass is 16.6. The molecule has 1 fully saturated rings. The number of cyclic esters (lactones) is 1. The van der Waals surface area contributed by atoms with Gasteiger partial charge in [0.1, 0.15) is 13.2 Å². The summed E-state index contributed by atoms with van der Waals surface area (Å²) in [5, 5.41) is 2.83. The maximum atomic E-state index is 12.2. The zero-order valence-electron chi connectivity index (χ0n) is 13.8. The van der Waals surface area contributed by atoms with Gasteiger partial charge >= 0.3 is 12.1 Å². The fourth-order valence-electron chi connectivity index (χ4n) is 3.26.